The van der Waals surface area contributed by atoms with Gasteiger partial charge in [-0.25, -0.2) is 21.1 Å². The molecule has 9 nitrogen and oxygen atoms in total. The Morgan fingerprint density at radius 1 is 1.03 bits per heavy atom. The molecule has 1 N–H and O–H groups in total. The molecule has 1 saturated heterocycles. The molecular formula is C23H31N3O6S2. The maximum atomic E-state index is 12.9. The summed E-state index contributed by atoms with van der Waals surface area (Å²) in [7, 11) is -4.22. The fourth-order valence-electron chi connectivity index (χ4n) is 3.64. The van der Waals surface area contributed by atoms with E-state index in [2.05, 4.69) is 5.32 Å². The van der Waals surface area contributed by atoms with Crippen molar-refractivity contribution in [2.24, 2.45) is 5.92 Å². The van der Waals surface area contributed by atoms with Gasteiger partial charge in [0.2, 0.25) is 26.0 Å². The lowest BCUT2D eigenvalue weighted by Gasteiger charge is -2.31. The quantitative estimate of drug-likeness (QED) is 0.516. The monoisotopic (exact) mass is 509 g/mol. The number of rotatable bonds is 9. The van der Waals surface area contributed by atoms with Crippen molar-refractivity contribution in [1.29, 1.82) is 0 Å². The second kappa shape index (κ2) is 10.9. The van der Waals surface area contributed by atoms with E-state index in [0.29, 0.717) is 25.1 Å². The van der Waals surface area contributed by atoms with Crippen molar-refractivity contribution in [2.75, 3.05) is 40.3 Å². The Hall–Kier alpha value is -2.47. The van der Waals surface area contributed by atoms with Crippen LogP contribution in [0.25, 0.3) is 0 Å². The number of aryl methyl sites for hydroxylation is 1. The SMILES string of the molecule is Cc1ccc(S(=O)(=O)N2CCC[C@H](C(=O)NCCOc3ccc(S(=O)(=O)N(C)C)cc3)C2)cc1. The largest absolute Gasteiger partial charge is 0.492 e. The third-order valence-electron chi connectivity index (χ3n) is 5.69. The smallest absolute Gasteiger partial charge is 0.243 e. The Morgan fingerprint density at radius 2 is 1.65 bits per heavy atom. The van der Waals surface area contributed by atoms with Crippen molar-refractivity contribution < 1.29 is 26.4 Å². The standard InChI is InChI=1S/C23H31N3O6S2/c1-18-6-10-22(11-7-18)34(30,31)26-15-4-5-19(17-26)23(27)24-14-16-32-20-8-12-21(13-9-20)33(28,29)25(2)3/h6-13,19H,4-5,14-17H2,1-3H3,(H,24,27)/t19-/m0/s1. The second-order valence-corrected chi connectivity index (χ2v) is 12.5. The van der Waals surface area contributed by atoms with Crippen LogP contribution in [0.1, 0.15) is 18.4 Å². The number of nitrogens with one attached hydrogen (secondary N) is 1. The maximum Gasteiger partial charge on any atom is 0.243 e. The minimum absolute atomic E-state index is 0.144. The number of benzene rings is 2. The van der Waals surface area contributed by atoms with Gasteiger partial charge >= 0.3 is 0 Å². The first-order valence-corrected chi connectivity index (χ1v) is 13.9. The Bertz CT molecular complexity index is 1190. The van der Waals surface area contributed by atoms with Gasteiger partial charge < -0.3 is 10.1 Å². The first-order chi connectivity index (χ1) is 16.0. The molecule has 0 aliphatic carbocycles. The van der Waals surface area contributed by atoms with Crippen LogP contribution in [-0.2, 0) is 24.8 Å². The first kappa shape index (κ1) is 26.1. The second-order valence-electron chi connectivity index (χ2n) is 8.41. The number of hydrogen-bond acceptors (Lipinski definition) is 6. The van der Waals surface area contributed by atoms with Gasteiger partial charge in [-0.15, -0.1) is 0 Å². The van der Waals surface area contributed by atoms with Crippen LogP contribution in [0, 0.1) is 12.8 Å². The summed E-state index contributed by atoms with van der Waals surface area (Å²) in [5.74, 6) is -0.149. The fraction of sp³-hybridized carbons (Fsp3) is 0.435. The summed E-state index contributed by atoms with van der Waals surface area (Å²) in [6.45, 7) is 2.88. The molecule has 1 amide bonds. The van der Waals surface area contributed by atoms with Crippen LogP contribution in [0.15, 0.2) is 58.3 Å². The molecule has 186 valence electrons. The van der Waals surface area contributed by atoms with Crippen molar-refractivity contribution >= 4 is 26.0 Å². The van der Waals surface area contributed by atoms with E-state index in [1.807, 2.05) is 6.92 Å². The Labute approximate surface area is 201 Å². The summed E-state index contributed by atoms with van der Waals surface area (Å²) in [6.07, 6.45) is 1.23. The van der Waals surface area contributed by atoms with Gasteiger partial charge in [-0.05, 0) is 56.2 Å². The maximum absolute atomic E-state index is 12.9. The van der Waals surface area contributed by atoms with Crippen LogP contribution in [0.4, 0.5) is 0 Å². The van der Waals surface area contributed by atoms with Gasteiger partial charge in [-0.2, -0.15) is 4.31 Å². The third-order valence-corrected chi connectivity index (χ3v) is 9.39. The van der Waals surface area contributed by atoms with Gasteiger partial charge in [-0.1, -0.05) is 17.7 Å². The summed E-state index contributed by atoms with van der Waals surface area (Å²) in [5.41, 5.74) is 0.978. The molecule has 0 unspecified atom stereocenters. The zero-order valence-electron chi connectivity index (χ0n) is 19.6. The molecule has 1 aliphatic heterocycles. The lowest BCUT2D eigenvalue weighted by molar-refractivity contribution is -0.126. The minimum atomic E-state index is -3.64. The van der Waals surface area contributed by atoms with Gasteiger partial charge in [-0.3, -0.25) is 4.79 Å². The lowest BCUT2D eigenvalue weighted by atomic mass is 9.99. The summed E-state index contributed by atoms with van der Waals surface area (Å²) in [5, 5.41) is 2.80. The molecule has 2 aromatic rings. The van der Waals surface area contributed by atoms with Crippen LogP contribution < -0.4 is 10.1 Å². The number of carbonyl (C=O) groups excluding carboxylic acids is 1. The fourth-order valence-corrected chi connectivity index (χ4v) is 6.07. The number of hydrogen-bond donors (Lipinski definition) is 1. The van der Waals surface area contributed by atoms with Gasteiger partial charge in [0.15, 0.2) is 0 Å². The summed E-state index contributed by atoms with van der Waals surface area (Å²) in [4.78, 5) is 13.0. The van der Waals surface area contributed by atoms with Gasteiger partial charge in [0.1, 0.15) is 12.4 Å². The number of carbonyl (C=O) groups is 1. The third kappa shape index (κ3) is 6.15. The zero-order valence-corrected chi connectivity index (χ0v) is 21.2. The highest BCUT2D eigenvalue weighted by atomic mass is 32.2. The van der Waals surface area contributed by atoms with E-state index in [1.54, 1.807) is 36.4 Å². The molecule has 0 bridgehead atoms. The highest BCUT2D eigenvalue weighted by Crippen LogP contribution is 2.24. The molecule has 1 aliphatic rings. The predicted molar refractivity (Wildman–Crippen MR) is 128 cm³/mol. The van der Waals surface area contributed by atoms with E-state index in [1.165, 1.54) is 30.5 Å². The van der Waals surface area contributed by atoms with Crippen LogP contribution in [0.5, 0.6) is 5.75 Å². The summed E-state index contributed by atoms with van der Waals surface area (Å²) >= 11 is 0. The van der Waals surface area contributed by atoms with E-state index >= 15 is 0 Å². The zero-order chi connectivity index (χ0) is 24.9. The molecule has 1 fully saturated rings. The summed E-state index contributed by atoms with van der Waals surface area (Å²) < 4.78 is 58.2. The molecule has 34 heavy (non-hydrogen) atoms. The molecule has 0 aromatic heterocycles. The average Bonchev–Trinajstić information content (AvgIpc) is 2.82. The highest BCUT2D eigenvalue weighted by Gasteiger charge is 2.33. The predicted octanol–water partition coefficient (Wildman–Crippen LogP) is 1.84. The highest BCUT2D eigenvalue weighted by molar-refractivity contribution is 7.89. The van der Waals surface area contributed by atoms with Crippen molar-refractivity contribution in [2.45, 2.75) is 29.6 Å². The van der Waals surface area contributed by atoms with Crippen LogP contribution >= 0.6 is 0 Å². The molecule has 3 rings (SSSR count). The minimum Gasteiger partial charge on any atom is -0.492 e. The normalized spacial score (nSPS) is 17.5. The van der Waals surface area contributed by atoms with Crippen LogP contribution in [0.3, 0.4) is 0 Å². The van der Waals surface area contributed by atoms with E-state index in [9.17, 15) is 21.6 Å². The van der Waals surface area contributed by atoms with Gasteiger partial charge in [0, 0.05) is 27.2 Å². The molecule has 0 radical (unpaired) electrons. The Balaban J connectivity index is 1.49. The molecule has 1 atom stereocenters. The average molecular weight is 510 g/mol. The van der Waals surface area contributed by atoms with E-state index in [-0.39, 0.29) is 35.4 Å². The topological polar surface area (TPSA) is 113 Å². The number of sulfonamides is 2. The first-order valence-electron chi connectivity index (χ1n) is 11.0. The lowest BCUT2D eigenvalue weighted by Crippen LogP contribution is -2.45. The van der Waals surface area contributed by atoms with Crippen molar-refractivity contribution in [3.05, 3.63) is 54.1 Å². The van der Waals surface area contributed by atoms with Gasteiger partial charge in [0.05, 0.1) is 22.3 Å². The number of piperidine rings is 1. The van der Waals surface area contributed by atoms with Gasteiger partial charge in [0.25, 0.3) is 0 Å². The van der Waals surface area contributed by atoms with E-state index in [0.717, 1.165) is 9.87 Å². The molecule has 2 aromatic carbocycles. The number of amides is 1. The van der Waals surface area contributed by atoms with Crippen LogP contribution in [-0.4, -0.2) is 71.7 Å². The van der Waals surface area contributed by atoms with E-state index < -0.39 is 26.0 Å². The molecule has 11 heteroatoms. The molecule has 0 saturated carbocycles. The van der Waals surface area contributed by atoms with Crippen LogP contribution in [0.2, 0.25) is 0 Å². The summed E-state index contributed by atoms with van der Waals surface area (Å²) in [6, 6.07) is 12.8. The molecular weight excluding hydrogens is 478 g/mol. The number of nitrogens with zero attached hydrogens (tertiary/aromatic N) is 2. The van der Waals surface area contributed by atoms with Crippen molar-refractivity contribution in [3.8, 4) is 5.75 Å². The number of ether oxygens (including phenoxy) is 1. The van der Waals surface area contributed by atoms with E-state index in [4.69, 9.17) is 4.74 Å². The Morgan fingerprint density at radius 3 is 2.26 bits per heavy atom. The molecule has 1 heterocycles. The molecule has 0 spiro atoms. The van der Waals surface area contributed by atoms with Crippen molar-refractivity contribution in [3.63, 3.8) is 0 Å². The van der Waals surface area contributed by atoms with Crippen molar-refractivity contribution in [1.82, 2.24) is 13.9 Å². The Kier molecular flexibility index (Phi) is 8.34.